The Morgan fingerprint density at radius 3 is 2.32 bits per heavy atom. The standard InChI is InChI=1S/C17H11ClF7N3O.C4H4O4/c18-12-11-9(1-4-26-12)15(2-3-16(11,21)22)7-28-6-8(17(23,24)25)5-10(13(28)27-15)29-14(19)20;5-3(6)1-2-4(7)8/h1,4-6,14H,2-3,7H2;1-2H,(H,5,6)(H,7,8)/b;2-1+. The predicted molar refractivity (Wildman–Crippen MR) is 112 cm³/mol. The second kappa shape index (κ2) is 10.0. The molecule has 200 valence electrons. The van der Waals surface area contributed by atoms with Crippen LogP contribution >= 0.6 is 11.6 Å². The number of aliphatic imine (C=N–C) groups is 1. The molecule has 3 aliphatic rings. The molecule has 0 aromatic carbocycles. The van der Waals surface area contributed by atoms with E-state index in [0.29, 0.717) is 24.4 Å². The molecule has 1 aliphatic carbocycles. The van der Waals surface area contributed by atoms with E-state index in [0.717, 1.165) is 4.90 Å². The van der Waals surface area contributed by atoms with Crippen molar-refractivity contribution in [3.63, 3.8) is 0 Å². The van der Waals surface area contributed by atoms with Crippen LogP contribution in [0.2, 0.25) is 5.15 Å². The molecule has 2 N–H and O–H groups in total. The van der Waals surface area contributed by atoms with Gasteiger partial charge in [0.1, 0.15) is 10.7 Å². The lowest BCUT2D eigenvalue weighted by Gasteiger charge is -2.37. The second-order valence-electron chi connectivity index (χ2n) is 7.80. The number of allylic oxidation sites excluding steroid dienone is 2. The second-order valence-corrected chi connectivity index (χ2v) is 8.16. The van der Waals surface area contributed by atoms with Gasteiger partial charge in [0.15, 0.2) is 11.6 Å². The summed E-state index contributed by atoms with van der Waals surface area (Å²) in [6.45, 7) is -3.66. The summed E-state index contributed by atoms with van der Waals surface area (Å²) in [4.78, 5) is 28.0. The maximum Gasteiger partial charge on any atom is 0.417 e. The van der Waals surface area contributed by atoms with Crippen LogP contribution < -0.4 is 0 Å². The molecule has 1 aromatic heterocycles. The van der Waals surface area contributed by atoms with Gasteiger partial charge in [0.25, 0.3) is 5.92 Å². The topological polar surface area (TPSA) is 112 Å². The Bertz CT molecular complexity index is 1210. The fourth-order valence-electron chi connectivity index (χ4n) is 3.93. The molecule has 1 aromatic rings. The first-order chi connectivity index (χ1) is 17.1. The van der Waals surface area contributed by atoms with Crippen LogP contribution in [-0.2, 0) is 25.8 Å². The zero-order valence-electron chi connectivity index (χ0n) is 18.1. The Balaban J connectivity index is 0.000000414. The van der Waals surface area contributed by atoms with E-state index in [-0.39, 0.29) is 24.4 Å². The van der Waals surface area contributed by atoms with Gasteiger partial charge in [-0.25, -0.2) is 23.4 Å². The molecule has 16 heteroatoms. The third-order valence-corrected chi connectivity index (χ3v) is 5.65. The summed E-state index contributed by atoms with van der Waals surface area (Å²) in [6, 6.07) is 1.27. The zero-order valence-corrected chi connectivity index (χ0v) is 18.9. The Morgan fingerprint density at radius 2 is 1.78 bits per heavy atom. The average molecular weight is 558 g/mol. The number of carbonyl (C=O) groups is 2. The van der Waals surface area contributed by atoms with Gasteiger partial charge in [-0.1, -0.05) is 11.6 Å². The highest BCUT2D eigenvalue weighted by molar-refractivity contribution is 6.30. The van der Waals surface area contributed by atoms with Gasteiger partial charge in [0, 0.05) is 31.0 Å². The summed E-state index contributed by atoms with van der Waals surface area (Å²) in [5.41, 5.74) is -3.19. The highest BCUT2D eigenvalue weighted by Crippen LogP contribution is 2.53. The van der Waals surface area contributed by atoms with Crippen molar-refractivity contribution in [3.8, 4) is 0 Å². The first-order valence-electron chi connectivity index (χ1n) is 10.1. The summed E-state index contributed by atoms with van der Waals surface area (Å²) < 4.78 is 98.2. The highest BCUT2D eigenvalue weighted by Gasteiger charge is 2.54. The molecular formula is C21H15ClF7N3O5. The minimum absolute atomic E-state index is 0.00555. The van der Waals surface area contributed by atoms with Gasteiger partial charge in [0.05, 0.1) is 17.7 Å². The largest absolute Gasteiger partial charge is 0.478 e. The lowest BCUT2D eigenvalue weighted by Crippen LogP contribution is -2.40. The number of rotatable bonds is 4. The van der Waals surface area contributed by atoms with E-state index in [1.54, 1.807) is 0 Å². The van der Waals surface area contributed by atoms with Crippen molar-refractivity contribution >= 4 is 29.4 Å². The van der Waals surface area contributed by atoms with Gasteiger partial charge >= 0.3 is 24.7 Å². The van der Waals surface area contributed by atoms with Crippen molar-refractivity contribution in [1.29, 1.82) is 0 Å². The normalized spacial score (nSPS) is 22.0. The molecule has 0 radical (unpaired) electrons. The van der Waals surface area contributed by atoms with E-state index in [9.17, 15) is 40.3 Å². The minimum atomic E-state index is -4.83. The summed E-state index contributed by atoms with van der Waals surface area (Å²) in [5.74, 6) is -6.90. The van der Waals surface area contributed by atoms with Crippen LogP contribution in [-0.4, -0.2) is 57.2 Å². The monoisotopic (exact) mass is 557 g/mol. The van der Waals surface area contributed by atoms with E-state index in [1.807, 2.05) is 0 Å². The smallest absolute Gasteiger partial charge is 0.417 e. The fraction of sp³-hybridized carbons (Fsp3) is 0.333. The third kappa shape index (κ3) is 6.03. The highest BCUT2D eigenvalue weighted by atomic mass is 35.5. The molecule has 1 unspecified atom stereocenters. The molecule has 8 nitrogen and oxygen atoms in total. The number of aliphatic carboxylic acids is 2. The van der Waals surface area contributed by atoms with E-state index in [1.165, 1.54) is 12.3 Å². The summed E-state index contributed by atoms with van der Waals surface area (Å²) in [7, 11) is 0. The number of pyridine rings is 1. The number of amidine groups is 1. The number of halogens is 8. The molecular weight excluding hydrogens is 543 g/mol. The number of hydrogen-bond acceptors (Lipinski definition) is 6. The molecule has 0 saturated carbocycles. The number of nitrogens with zero attached hydrogens (tertiary/aromatic N) is 3. The molecule has 1 spiro atoms. The van der Waals surface area contributed by atoms with Crippen LogP contribution in [0, 0.1) is 0 Å². The van der Waals surface area contributed by atoms with Crippen molar-refractivity contribution < 1.29 is 55.3 Å². The lowest BCUT2D eigenvalue weighted by molar-refractivity contribution is -0.134. The van der Waals surface area contributed by atoms with Crippen molar-refractivity contribution in [2.75, 3.05) is 6.54 Å². The Kier molecular flexibility index (Phi) is 7.58. The Labute approximate surface area is 208 Å². The van der Waals surface area contributed by atoms with Crippen molar-refractivity contribution in [3.05, 3.63) is 64.3 Å². The van der Waals surface area contributed by atoms with Crippen LogP contribution in [0.25, 0.3) is 0 Å². The van der Waals surface area contributed by atoms with Crippen molar-refractivity contribution in [2.45, 2.75) is 37.1 Å². The molecule has 37 heavy (non-hydrogen) atoms. The van der Waals surface area contributed by atoms with Gasteiger partial charge < -0.3 is 19.8 Å². The van der Waals surface area contributed by atoms with Crippen molar-refractivity contribution in [1.82, 2.24) is 9.88 Å². The van der Waals surface area contributed by atoms with E-state index in [4.69, 9.17) is 21.8 Å². The average Bonchev–Trinajstić information content (AvgIpc) is 3.15. The Morgan fingerprint density at radius 1 is 1.16 bits per heavy atom. The van der Waals surface area contributed by atoms with Gasteiger partial charge in [-0.3, -0.25) is 4.99 Å². The van der Waals surface area contributed by atoms with E-state index in [2.05, 4.69) is 14.7 Å². The number of hydrogen-bond donors (Lipinski definition) is 2. The van der Waals surface area contributed by atoms with Gasteiger partial charge in [-0.2, -0.15) is 22.0 Å². The van der Waals surface area contributed by atoms with Gasteiger partial charge in [-0.05, 0) is 24.1 Å². The fourth-order valence-corrected chi connectivity index (χ4v) is 4.23. The molecule has 0 saturated heterocycles. The quantitative estimate of drug-likeness (QED) is 0.310. The zero-order chi connectivity index (χ0) is 27.8. The van der Waals surface area contributed by atoms with Gasteiger partial charge in [0.2, 0.25) is 0 Å². The predicted octanol–water partition coefficient (Wildman–Crippen LogP) is 4.82. The van der Waals surface area contributed by atoms with E-state index >= 15 is 0 Å². The van der Waals surface area contributed by atoms with Crippen LogP contribution in [0.3, 0.4) is 0 Å². The first kappa shape index (κ1) is 28.0. The van der Waals surface area contributed by atoms with Crippen LogP contribution in [0.15, 0.2) is 53.0 Å². The number of carboxylic acid groups (broad SMARTS) is 2. The van der Waals surface area contributed by atoms with Gasteiger partial charge in [-0.15, -0.1) is 0 Å². The number of alkyl halides is 7. The number of carboxylic acids is 2. The lowest BCUT2D eigenvalue weighted by atomic mass is 9.76. The number of fused-ring (bicyclic) bond motifs is 3. The van der Waals surface area contributed by atoms with E-state index < -0.39 is 64.7 Å². The summed E-state index contributed by atoms with van der Waals surface area (Å²) in [5, 5.41) is 15.2. The SMILES string of the molecule is FC(F)OC1=CC(C(F)(F)F)=CN2CC3(CCC(F)(F)c4c3ccnc4Cl)N=C12.O=C(O)/C=C/C(=O)O. The molecule has 4 rings (SSSR count). The Hall–Kier alpha value is -3.62. The number of ether oxygens (including phenoxy) is 1. The minimum Gasteiger partial charge on any atom is -0.478 e. The molecule has 0 fully saturated rings. The number of aromatic nitrogens is 1. The van der Waals surface area contributed by atoms with Crippen LogP contribution in [0.4, 0.5) is 30.7 Å². The maximum absolute atomic E-state index is 14.4. The summed E-state index contributed by atoms with van der Waals surface area (Å²) in [6.07, 6.45) is -2.33. The third-order valence-electron chi connectivity index (χ3n) is 5.36. The van der Waals surface area contributed by atoms with Crippen LogP contribution in [0.5, 0.6) is 0 Å². The van der Waals surface area contributed by atoms with Crippen LogP contribution in [0.1, 0.15) is 24.0 Å². The molecule has 0 amide bonds. The summed E-state index contributed by atoms with van der Waals surface area (Å²) >= 11 is 5.87. The first-order valence-corrected chi connectivity index (χ1v) is 10.4. The van der Waals surface area contributed by atoms with Crippen molar-refractivity contribution in [2.24, 2.45) is 4.99 Å². The molecule has 3 heterocycles. The maximum atomic E-state index is 14.4. The molecule has 0 bridgehead atoms. The molecule has 2 aliphatic heterocycles. The molecule has 1 atom stereocenters.